The summed E-state index contributed by atoms with van der Waals surface area (Å²) < 4.78 is 18.1. The van der Waals surface area contributed by atoms with Crippen molar-refractivity contribution >= 4 is 11.7 Å². The minimum Gasteiger partial charge on any atom is -0.465 e. The van der Waals surface area contributed by atoms with E-state index in [-0.39, 0.29) is 11.3 Å². The number of benzene rings is 1. The number of methoxy groups -OCH3 is 1. The van der Waals surface area contributed by atoms with Crippen LogP contribution in [0.1, 0.15) is 34.7 Å². The van der Waals surface area contributed by atoms with E-state index in [0.29, 0.717) is 5.92 Å². The lowest BCUT2D eigenvalue weighted by molar-refractivity contribution is 0.0595. The van der Waals surface area contributed by atoms with E-state index in [9.17, 15) is 9.18 Å². The van der Waals surface area contributed by atoms with Crippen LogP contribution in [0, 0.1) is 5.82 Å². The number of nitrogen functional groups attached to an aromatic ring is 1. The van der Waals surface area contributed by atoms with Crippen molar-refractivity contribution in [3.8, 4) is 0 Å². The van der Waals surface area contributed by atoms with E-state index in [1.165, 1.54) is 13.2 Å². The van der Waals surface area contributed by atoms with Crippen molar-refractivity contribution in [2.75, 3.05) is 12.8 Å². The molecule has 0 radical (unpaired) electrons. The molecule has 0 saturated heterocycles. The molecule has 0 aliphatic heterocycles. The molecule has 0 heterocycles. The van der Waals surface area contributed by atoms with Gasteiger partial charge in [0.1, 0.15) is 0 Å². The van der Waals surface area contributed by atoms with Crippen molar-refractivity contribution < 1.29 is 13.9 Å². The molecule has 80 valence electrons. The molecule has 3 nitrogen and oxygen atoms in total. The molecule has 2 rings (SSSR count). The Morgan fingerprint density at radius 1 is 1.53 bits per heavy atom. The second kappa shape index (κ2) is 3.53. The molecule has 2 N–H and O–H groups in total. The van der Waals surface area contributed by atoms with E-state index in [0.717, 1.165) is 18.4 Å². The van der Waals surface area contributed by atoms with Gasteiger partial charge < -0.3 is 10.5 Å². The van der Waals surface area contributed by atoms with E-state index >= 15 is 0 Å². The summed E-state index contributed by atoms with van der Waals surface area (Å²) in [5, 5.41) is 0. The smallest absolute Gasteiger partial charge is 0.340 e. The lowest BCUT2D eigenvalue weighted by Crippen LogP contribution is -2.08. The van der Waals surface area contributed by atoms with Crippen molar-refractivity contribution in [2.24, 2.45) is 0 Å². The molecule has 1 aromatic rings. The second-order valence-electron chi connectivity index (χ2n) is 3.70. The van der Waals surface area contributed by atoms with Gasteiger partial charge in [-0.1, -0.05) is 6.07 Å². The summed E-state index contributed by atoms with van der Waals surface area (Å²) in [4.78, 5) is 11.2. The first-order valence-electron chi connectivity index (χ1n) is 4.81. The SMILES string of the molecule is COC(=O)c1ccc(C2CC2)c(N)c1F. The summed E-state index contributed by atoms with van der Waals surface area (Å²) in [5.41, 5.74) is 6.43. The van der Waals surface area contributed by atoms with Gasteiger partial charge >= 0.3 is 5.97 Å². The third-order valence-corrected chi connectivity index (χ3v) is 2.64. The number of carbonyl (C=O) groups excluding carboxylic acids is 1. The van der Waals surface area contributed by atoms with Crippen LogP contribution in [0.4, 0.5) is 10.1 Å². The zero-order valence-electron chi connectivity index (χ0n) is 8.42. The predicted octanol–water partition coefficient (Wildman–Crippen LogP) is 2.07. The molecule has 15 heavy (non-hydrogen) atoms. The number of hydrogen-bond acceptors (Lipinski definition) is 3. The molecule has 0 aromatic heterocycles. The highest BCUT2D eigenvalue weighted by Crippen LogP contribution is 2.43. The van der Waals surface area contributed by atoms with Crippen LogP contribution in [0.3, 0.4) is 0 Å². The molecule has 1 aromatic carbocycles. The zero-order chi connectivity index (χ0) is 11.0. The number of ether oxygens (including phenoxy) is 1. The topological polar surface area (TPSA) is 52.3 Å². The summed E-state index contributed by atoms with van der Waals surface area (Å²) in [6.07, 6.45) is 2.09. The average Bonchev–Trinajstić information content (AvgIpc) is 3.04. The molecule has 1 aliphatic rings. The number of esters is 1. The Bertz CT molecular complexity index is 413. The fourth-order valence-corrected chi connectivity index (χ4v) is 1.63. The van der Waals surface area contributed by atoms with Gasteiger partial charge in [-0.05, 0) is 30.4 Å². The van der Waals surface area contributed by atoms with Gasteiger partial charge in [0.2, 0.25) is 0 Å². The van der Waals surface area contributed by atoms with Crippen LogP contribution in [-0.4, -0.2) is 13.1 Å². The first-order chi connectivity index (χ1) is 7.15. The number of hydrogen-bond donors (Lipinski definition) is 1. The fourth-order valence-electron chi connectivity index (χ4n) is 1.63. The third kappa shape index (κ3) is 1.67. The maximum absolute atomic E-state index is 13.7. The molecule has 0 amide bonds. The third-order valence-electron chi connectivity index (χ3n) is 2.64. The van der Waals surface area contributed by atoms with Crippen LogP contribution < -0.4 is 5.73 Å². The maximum atomic E-state index is 13.7. The highest BCUT2D eigenvalue weighted by Gasteiger charge is 2.28. The van der Waals surface area contributed by atoms with Crippen LogP contribution >= 0.6 is 0 Å². The summed E-state index contributed by atoms with van der Waals surface area (Å²) in [6.45, 7) is 0. The predicted molar refractivity (Wildman–Crippen MR) is 54.1 cm³/mol. The van der Waals surface area contributed by atoms with Crippen molar-refractivity contribution in [3.63, 3.8) is 0 Å². The number of halogens is 1. The van der Waals surface area contributed by atoms with E-state index in [2.05, 4.69) is 4.74 Å². The minimum absolute atomic E-state index is 0.0837. The summed E-state index contributed by atoms with van der Waals surface area (Å²) >= 11 is 0. The van der Waals surface area contributed by atoms with E-state index < -0.39 is 11.8 Å². The summed E-state index contributed by atoms with van der Waals surface area (Å²) in [5.74, 6) is -0.987. The first-order valence-corrected chi connectivity index (χ1v) is 4.81. The lowest BCUT2D eigenvalue weighted by atomic mass is 10.0. The van der Waals surface area contributed by atoms with Gasteiger partial charge in [0.25, 0.3) is 0 Å². The van der Waals surface area contributed by atoms with Crippen LogP contribution in [0.2, 0.25) is 0 Å². The highest BCUT2D eigenvalue weighted by molar-refractivity contribution is 5.91. The van der Waals surface area contributed by atoms with E-state index in [4.69, 9.17) is 5.73 Å². The Kier molecular flexibility index (Phi) is 2.34. The van der Waals surface area contributed by atoms with Gasteiger partial charge in [-0.15, -0.1) is 0 Å². The van der Waals surface area contributed by atoms with Gasteiger partial charge in [0.15, 0.2) is 5.82 Å². The van der Waals surface area contributed by atoms with Gasteiger partial charge in [-0.2, -0.15) is 0 Å². The Morgan fingerprint density at radius 3 is 2.73 bits per heavy atom. The summed E-state index contributed by atoms with van der Waals surface area (Å²) in [6, 6.07) is 3.15. The maximum Gasteiger partial charge on any atom is 0.340 e. The number of anilines is 1. The largest absolute Gasteiger partial charge is 0.465 e. The van der Waals surface area contributed by atoms with Crippen molar-refractivity contribution in [1.82, 2.24) is 0 Å². The Hall–Kier alpha value is -1.58. The molecule has 1 saturated carbocycles. The minimum atomic E-state index is -0.693. The molecule has 0 atom stereocenters. The Balaban J connectivity index is 2.43. The fraction of sp³-hybridized carbons (Fsp3) is 0.364. The van der Waals surface area contributed by atoms with E-state index in [1.54, 1.807) is 6.07 Å². The molecular formula is C11H12FNO2. The molecule has 0 bridgehead atoms. The first kappa shape index (κ1) is 9.96. The Morgan fingerprint density at radius 2 is 2.20 bits per heavy atom. The molecular weight excluding hydrogens is 197 g/mol. The van der Waals surface area contributed by atoms with Crippen LogP contribution in [-0.2, 0) is 4.74 Å². The van der Waals surface area contributed by atoms with Gasteiger partial charge in [0, 0.05) is 0 Å². The van der Waals surface area contributed by atoms with Crippen LogP contribution in [0.25, 0.3) is 0 Å². The van der Waals surface area contributed by atoms with Crippen molar-refractivity contribution in [2.45, 2.75) is 18.8 Å². The zero-order valence-corrected chi connectivity index (χ0v) is 8.42. The van der Waals surface area contributed by atoms with Crippen LogP contribution in [0.5, 0.6) is 0 Å². The van der Waals surface area contributed by atoms with Gasteiger partial charge in [-0.3, -0.25) is 0 Å². The molecule has 0 unspecified atom stereocenters. The van der Waals surface area contributed by atoms with E-state index in [1.807, 2.05) is 0 Å². The molecule has 1 fully saturated rings. The average molecular weight is 209 g/mol. The second-order valence-corrected chi connectivity index (χ2v) is 3.70. The standard InChI is InChI=1S/C11H12FNO2/c1-15-11(14)8-5-4-7(6-2-3-6)10(13)9(8)12/h4-6H,2-3,13H2,1H3. The van der Waals surface area contributed by atoms with Crippen LogP contribution in [0.15, 0.2) is 12.1 Å². The summed E-state index contributed by atoms with van der Waals surface area (Å²) in [7, 11) is 1.22. The number of rotatable bonds is 2. The van der Waals surface area contributed by atoms with Gasteiger partial charge in [-0.25, -0.2) is 9.18 Å². The molecule has 1 aliphatic carbocycles. The Labute approximate surface area is 87.0 Å². The van der Waals surface area contributed by atoms with Crippen molar-refractivity contribution in [1.29, 1.82) is 0 Å². The van der Waals surface area contributed by atoms with Gasteiger partial charge in [0.05, 0.1) is 18.4 Å². The molecule has 4 heteroatoms. The monoisotopic (exact) mass is 209 g/mol. The number of carbonyl (C=O) groups is 1. The molecule has 0 spiro atoms. The number of nitrogens with two attached hydrogens (primary N) is 1. The quantitative estimate of drug-likeness (QED) is 0.599. The highest BCUT2D eigenvalue weighted by atomic mass is 19.1. The lowest BCUT2D eigenvalue weighted by Gasteiger charge is -2.08. The normalized spacial score (nSPS) is 15.1. The van der Waals surface area contributed by atoms with Crippen molar-refractivity contribution in [3.05, 3.63) is 29.1 Å².